The zero-order valence-electron chi connectivity index (χ0n) is 13.9. The second-order valence-corrected chi connectivity index (χ2v) is 8.22. The van der Waals surface area contributed by atoms with Crippen LogP contribution in [-0.2, 0) is 0 Å². The Morgan fingerprint density at radius 1 is 1.40 bits per heavy atom. The summed E-state index contributed by atoms with van der Waals surface area (Å²) in [5.41, 5.74) is 0.256. The lowest BCUT2D eigenvalue weighted by molar-refractivity contribution is 0.0306. The third-order valence-corrected chi connectivity index (χ3v) is 6.09. The van der Waals surface area contributed by atoms with Gasteiger partial charge in [-0.3, -0.25) is 4.90 Å². The Hall–Kier alpha value is -0.380. The summed E-state index contributed by atoms with van der Waals surface area (Å²) in [5, 5.41) is 3.78. The molecule has 2 heterocycles. The standard InChI is InChI=1S/C17H30N2S/c1-7-17(6)11-19(15(10-18-17)12(2)3)14(5)16-9-8-13(4)20-16/h8-9,12,14-15,18H,7,10-11H2,1-6H3. The van der Waals surface area contributed by atoms with Gasteiger partial charge in [0.15, 0.2) is 0 Å². The normalized spacial score (nSPS) is 29.9. The average Bonchev–Trinajstić information content (AvgIpc) is 2.84. The third kappa shape index (κ3) is 3.26. The van der Waals surface area contributed by atoms with Gasteiger partial charge in [0.05, 0.1) is 0 Å². The highest BCUT2D eigenvalue weighted by Gasteiger charge is 2.38. The molecule has 0 amide bonds. The number of nitrogens with one attached hydrogen (secondary N) is 1. The smallest absolute Gasteiger partial charge is 0.0417 e. The molecule has 1 N–H and O–H groups in total. The number of aryl methyl sites for hydroxylation is 1. The number of hydrogen-bond acceptors (Lipinski definition) is 3. The van der Waals surface area contributed by atoms with E-state index in [1.54, 1.807) is 0 Å². The fourth-order valence-corrected chi connectivity index (χ4v) is 4.12. The van der Waals surface area contributed by atoms with Crippen LogP contribution in [0.1, 0.15) is 56.8 Å². The largest absolute Gasteiger partial charge is 0.309 e. The molecular weight excluding hydrogens is 264 g/mol. The highest BCUT2D eigenvalue weighted by Crippen LogP contribution is 2.34. The molecule has 0 spiro atoms. The molecule has 1 aromatic rings. The van der Waals surface area contributed by atoms with Crippen molar-refractivity contribution < 1.29 is 0 Å². The number of hydrogen-bond donors (Lipinski definition) is 1. The van der Waals surface area contributed by atoms with E-state index in [0.717, 1.165) is 13.1 Å². The summed E-state index contributed by atoms with van der Waals surface area (Å²) < 4.78 is 0. The molecule has 1 fully saturated rings. The van der Waals surface area contributed by atoms with Crippen LogP contribution in [0.15, 0.2) is 12.1 Å². The van der Waals surface area contributed by atoms with Gasteiger partial charge >= 0.3 is 0 Å². The minimum Gasteiger partial charge on any atom is -0.309 e. The first-order valence-corrected chi connectivity index (χ1v) is 8.75. The highest BCUT2D eigenvalue weighted by atomic mass is 32.1. The first-order chi connectivity index (χ1) is 9.36. The maximum Gasteiger partial charge on any atom is 0.0417 e. The molecule has 1 aromatic heterocycles. The van der Waals surface area contributed by atoms with Crippen LogP contribution in [0.25, 0.3) is 0 Å². The van der Waals surface area contributed by atoms with Crippen molar-refractivity contribution in [1.82, 2.24) is 10.2 Å². The van der Waals surface area contributed by atoms with Crippen molar-refractivity contribution in [1.29, 1.82) is 0 Å². The molecule has 0 aromatic carbocycles. The van der Waals surface area contributed by atoms with E-state index in [1.165, 1.54) is 16.2 Å². The van der Waals surface area contributed by atoms with Gasteiger partial charge in [-0.2, -0.15) is 0 Å². The van der Waals surface area contributed by atoms with E-state index in [4.69, 9.17) is 0 Å². The monoisotopic (exact) mass is 294 g/mol. The second kappa shape index (κ2) is 6.17. The van der Waals surface area contributed by atoms with Crippen molar-refractivity contribution >= 4 is 11.3 Å². The minimum absolute atomic E-state index is 0.256. The van der Waals surface area contributed by atoms with Gasteiger partial charge < -0.3 is 5.32 Å². The number of thiophene rings is 1. The van der Waals surface area contributed by atoms with Gasteiger partial charge in [-0.05, 0) is 45.2 Å². The summed E-state index contributed by atoms with van der Waals surface area (Å²) in [6.45, 7) is 16.2. The van der Waals surface area contributed by atoms with E-state index >= 15 is 0 Å². The van der Waals surface area contributed by atoms with Crippen molar-refractivity contribution in [2.45, 2.75) is 65.6 Å². The Kier molecular flexibility index (Phi) is 4.93. The van der Waals surface area contributed by atoms with Crippen LogP contribution >= 0.6 is 11.3 Å². The van der Waals surface area contributed by atoms with Crippen LogP contribution in [0.4, 0.5) is 0 Å². The molecule has 0 saturated carbocycles. The zero-order valence-corrected chi connectivity index (χ0v) is 14.7. The van der Waals surface area contributed by atoms with E-state index < -0.39 is 0 Å². The molecule has 1 aliphatic heterocycles. The number of nitrogens with zero attached hydrogens (tertiary/aromatic N) is 1. The Balaban J connectivity index is 2.22. The van der Waals surface area contributed by atoms with Crippen molar-refractivity contribution in [2.24, 2.45) is 5.92 Å². The van der Waals surface area contributed by atoms with Gasteiger partial charge in [0.25, 0.3) is 0 Å². The summed E-state index contributed by atoms with van der Waals surface area (Å²) in [7, 11) is 0. The van der Waals surface area contributed by atoms with Crippen LogP contribution in [0.3, 0.4) is 0 Å². The first-order valence-electron chi connectivity index (χ1n) is 7.93. The van der Waals surface area contributed by atoms with Crippen LogP contribution in [0, 0.1) is 12.8 Å². The topological polar surface area (TPSA) is 15.3 Å². The summed E-state index contributed by atoms with van der Waals surface area (Å²) in [5.74, 6) is 0.687. The van der Waals surface area contributed by atoms with Gasteiger partial charge in [0, 0.05) is 40.5 Å². The number of piperazine rings is 1. The summed E-state index contributed by atoms with van der Waals surface area (Å²) in [6.07, 6.45) is 1.19. The molecule has 3 atom stereocenters. The summed E-state index contributed by atoms with van der Waals surface area (Å²) in [4.78, 5) is 5.66. The predicted molar refractivity (Wildman–Crippen MR) is 89.5 cm³/mol. The Morgan fingerprint density at radius 3 is 2.60 bits per heavy atom. The van der Waals surface area contributed by atoms with Gasteiger partial charge in [-0.15, -0.1) is 11.3 Å². The molecule has 1 aliphatic rings. The fraction of sp³-hybridized carbons (Fsp3) is 0.765. The Labute approximate surface area is 128 Å². The van der Waals surface area contributed by atoms with E-state index in [9.17, 15) is 0 Å². The summed E-state index contributed by atoms with van der Waals surface area (Å²) in [6, 6.07) is 5.72. The van der Waals surface area contributed by atoms with Crippen molar-refractivity contribution in [3.8, 4) is 0 Å². The maximum absolute atomic E-state index is 3.78. The minimum atomic E-state index is 0.256. The Bertz CT molecular complexity index is 440. The van der Waals surface area contributed by atoms with E-state index in [-0.39, 0.29) is 5.54 Å². The molecular formula is C17H30N2S. The van der Waals surface area contributed by atoms with Gasteiger partial charge in [0.1, 0.15) is 0 Å². The van der Waals surface area contributed by atoms with Crippen LogP contribution in [-0.4, -0.2) is 29.6 Å². The lowest BCUT2D eigenvalue weighted by Gasteiger charge is -2.49. The fourth-order valence-electron chi connectivity index (χ4n) is 3.17. The van der Waals surface area contributed by atoms with E-state index in [1.807, 2.05) is 11.3 Å². The Morgan fingerprint density at radius 2 is 2.10 bits per heavy atom. The van der Waals surface area contributed by atoms with Gasteiger partial charge in [-0.25, -0.2) is 0 Å². The molecule has 0 radical (unpaired) electrons. The second-order valence-electron chi connectivity index (χ2n) is 6.90. The molecule has 0 aliphatic carbocycles. The molecule has 3 unspecified atom stereocenters. The predicted octanol–water partition coefficient (Wildman–Crippen LogP) is 4.22. The van der Waals surface area contributed by atoms with Crippen molar-refractivity contribution in [3.63, 3.8) is 0 Å². The van der Waals surface area contributed by atoms with E-state index in [0.29, 0.717) is 18.0 Å². The SMILES string of the molecule is CCC1(C)CN(C(C)c2ccc(C)s2)C(C(C)C)CN1. The van der Waals surface area contributed by atoms with Crippen molar-refractivity contribution in [3.05, 3.63) is 21.9 Å². The van der Waals surface area contributed by atoms with E-state index in [2.05, 4.69) is 63.9 Å². The molecule has 1 saturated heterocycles. The van der Waals surface area contributed by atoms with Crippen LogP contribution in [0.5, 0.6) is 0 Å². The van der Waals surface area contributed by atoms with Crippen molar-refractivity contribution in [2.75, 3.05) is 13.1 Å². The quantitative estimate of drug-likeness (QED) is 0.894. The molecule has 0 bridgehead atoms. The average molecular weight is 295 g/mol. The van der Waals surface area contributed by atoms with Crippen LogP contribution in [0.2, 0.25) is 0 Å². The molecule has 2 nitrogen and oxygen atoms in total. The van der Waals surface area contributed by atoms with Gasteiger partial charge in [0.2, 0.25) is 0 Å². The zero-order chi connectivity index (χ0) is 14.9. The lowest BCUT2D eigenvalue weighted by Crippen LogP contribution is -2.64. The highest BCUT2D eigenvalue weighted by molar-refractivity contribution is 7.12. The summed E-state index contributed by atoms with van der Waals surface area (Å²) >= 11 is 1.95. The first kappa shape index (κ1) is 16.0. The van der Waals surface area contributed by atoms with Crippen LogP contribution < -0.4 is 5.32 Å². The third-order valence-electron chi connectivity index (χ3n) is 4.92. The maximum atomic E-state index is 3.78. The molecule has 114 valence electrons. The number of rotatable bonds is 4. The molecule has 2 rings (SSSR count). The molecule has 3 heteroatoms. The van der Waals surface area contributed by atoms with Gasteiger partial charge in [-0.1, -0.05) is 20.8 Å². The molecule has 20 heavy (non-hydrogen) atoms. The lowest BCUT2D eigenvalue weighted by atomic mass is 9.88.